The fourth-order valence-electron chi connectivity index (χ4n) is 1.31. The molecule has 1 aromatic rings. The van der Waals surface area contributed by atoms with Crippen LogP contribution in [0.4, 0.5) is 5.69 Å². The topological polar surface area (TPSA) is 78.4 Å². The zero-order chi connectivity index (χ0) is 16.2. The van der Waals surface area contributed by atoms with Crippen LogP contribution in [0.1, 0.15) is 20.8 Å². The smallest absolute Gasteiger partial charge is 0.313 e. The van der Waals surface area contributed by atoms with Crippen molar-refractivity contribution in [1.82, 2.24) is 5.32 Å². The molecule has 1 rings (SSSR count). The van der Waals surface area contributed by atoms with E-state index in [-0.39, 0.29) is 17.5 Å². The molecule has 1 aromatic carbocycles. The summed E-state index contributed by atoms with van der Waals surface area (Å²) >= 11 is 11.6. The van der Waals surface area contributed by atoms with Crippen molar-refractivity contribution < 1.29 is 14.7 Å². The van der Waals surface area contributed by atoms with Crippen LogP contribution in [0.25, 0.3) is 0 Å². The highest BCUT2D eigenvalue weighted by Crippen LogP contribution is 2.24. The highest BCUT2D eigenvalue weighted by atomic mass is 35.5. The predicted molar refractivity (Wildman–Crippen MR) is 83.6 cm³/mol. The van der Waals surface area contributed by atoms with Gasteiger partial charge in [-0.05, 0) is 31.0 Å². The van der Waals surface area contributed by atoms with Gasteiger partial charge in [0.05, 0.1) is 15.6 Å². The van der Waals surface area contributed by atoms with Crippen molar-refractivity contribution >= 4 is 40.7 Å². The lowest BCUT2D eigenvalue weighted by molar-refractivity contribution is -0.137. The normalized spacial score (nSPS) is 13.7. The van der Waals surface area contributed by atoms with E-state index in [2.05, 4.69) is 10.6 Å². The Morgan fingerprint density at radius 2 is 1.86 bits per heavy atom. The van der Waals surface area contributed by atoms with Gasteiger partial charge in [0.1, 0.15) is 0 Å². The van der Waals surface area contributed by atoms with E-state index in [9.17, 15) is 14.7 Å². The molecule has 0 heterocycles. The fourth-order valence-corrected chi connectivity index (χ4v) is 1.60. The van der Waals surface area contributed by atoms with Gasteiger partial charge in [0.25, 0.3) is 0 Å². The van der Waals surface area contributed by atoms with Gasteiger partial charge in [-0.15, -0.1) is 0 Å². The molecule has 0 saturated heterocycles. The molecule has 3 N–H and O–H groups in total. The lowest BCUT2D eigenvalue weighted by atomic mass is 9.92. The van der Waals surface area contributed by atoms with Crippen molar-refractivity contribution in [3.63, 3.8) is 0 Å². The first-order chi connectivity index (χ1) is 9.63. The van der Waals surface area contributed by atoms with Gasteiger partial charge < -0.3 is 15.7 Å². The second-order valence-electron chi connectivity index (χ2n) is 5.28. The van der Waals surface area contributed by atoms with Gasteiger partial charge in [-0.3, -0.25) is 9.59 Å². The van der Waals surface area contributed by atoms with E-state index in [0.717, 1.165) is 0 Å². The second kappa shape index (κ2) is 7.11. The number of hydrogen-bond acceptors (Lipinski definition) is 3. The number of nitrogens with one attached hydrogen (secondary N) is 2. The van der Waals surface area contributed by atoms with Gasteiger partial charge >= 0.3 is 11.8 Å². The number of amides is 2. The Balaban J connectivity index is 2.59. The molecule has 0 aliphatic rings. The third-order valence-electron chi connectivity index (χ3n) is 3.23. The first-order valence-electron chi connectivity index (χ1n) is 6.40. The van der Waals surface area contributed by atoms with Crippen LogP contribution in [-0.2, 0) is 9.59 Å². The van der Waals surface area contributed by atoms with Crippen molar-refractivity contribution in [3.05, 3.63) is 28.2 Å². The summed E-state index contributed by atoms with van der Waals surface area (Å²) in [6, 6.07) is 4.49. The van der Waals surface area contributed by atoms with Crippen LogP contribution in [0.3, 0.4) is 0 Å². The van der Waals surface area contributed by atoms with E-state index in [1.807, 2.05) is 13.8 Å². The molecule has 116 valence electrons. The van der Waals surface area contributed by atoms with Gasteiger partial charge in [-0.1, -0.05) is 37.0 Å². The molecular formula is C14H18Cl2N2O3. The SMILES string of the molecule is CC(C)C(C)(O)CNC(=O)C(=O)Nc1ccc(Cl)c(Cl)c1. The minimum atomic E-state index is -1.08. The second-order valence-corrected chi connectivity index (χ2v) is 6.09. The summed E-state index contributed by atoms with van der Waals surface area (Å²) in [5.74, 6) is -1.73. The number of hydrogen-bond donors (Lipinski definition) is 3. The van der Waals surface area contributed by atoms with Crippen LogP contribution in [-0.4, -0.2) is 29.1 Å². The van der Waals surface area contributed by atoms with E-state index >= 15 is 0 Å². The molecule has 0 aromatic heterocycles. The third-order valence-corrected chi connectivity index (χ3v) is 3.97. The Labute approximate surface area is 133 Å². The van der Waals surface area contributed by atoms with Crippen molar-refractivity contribution in [3.8, 4) is 0 Å². The number of aliphatic hydroxyl groups is 1. The summed E-state index contributed by atoms with van der Waals surface area (Å²) in [7, 11) is 0. The summed E-state index contributed by atoms with van der Waals surface area (Å²) < 4.78 is 0. The predicted octanol–water partition coefficient (Wildman–Crippen LogP) is 2.46. The van der Waals surface area contributed by atoms with Crippen molar-refractivity contribution in [1.29, 1.82) is 0 Å². The van der Waals surface area contributed by atoms with Crippen molar-refractivity contribution in [2.75, 3.05) is 11.9 Å². The maximum Gasteiger partial charge on any atom is 0.313 e. The molecule has 0 aliphatic heterocycles. The van der Waals surface area contributed by atoms with Crippen LogP contribution in [0.2, 0.25) is 10.0 Å². The molecule has 0 spiro atoms. The Morgan fingerprint density at radius 3 is 2.38 bits per heavy atom. The molecule has 5 nitrogen and oxygen atoms in total. The molecule has 0 saturated carbocycles. The third kappa shape index (κ3) is 5.19. The largest absolute Gasteiger partial charge is 0.388 e. The Kier molecular flexibility index (Phi) is 6.01. The number of carbonyl (C=O) groups is 2. The van der Waals surface area contributed by atoms with Crippen molar-refractivity contribution in [2.45, 2.75) is 26.4 Å². The lowest BCUT2D eigenvalue weighted by Gasteiger charge is -2.27. The molecule has 0 bridgehead atoms. The number of carbonyl (C=O) groups excluding carboxylic acids is 2. The molecule has 21 heavy (non-hydrogen) atoms. The highest BCUT2D eigenvalue weighted by Gasteiger charge is 2.26. The minimum Gasteiger partial charge on any atom is -0.388 e. The maximum absolute atomic E-state index is 11.7. The zero-order valence-corrected chi connectivity index (χ0v) is 13.5. The average molecular weight is 333 g/mol. The van der Waals surface area contributed by atoms with Gasteiger partial charge in [-0.25, -0.2) is 0 Å². The van der Waals surface area contributed by atoms with Gasteiger partial charge in [0.2, 0.25) is 0 Å². The molecule has 2 amide bonds. The van der Waals surface area contributed by atoms with Crippen LogP contribution in [0, 0.1) is 5.92 Å². The number of benzene rings is 1. The van der Waals surface area contributed by atoms with E-state index < -0.39 is 17.4 Å². The standard InChI is InChI=1S/C14H18Cl2N2O3/c1-8(2)14(3,21)7-17-12(19)13(20)18-9-4-5-10(15)11(16)6-9/h4-6,8,21H,7H2,1-3H3,(H,17,19)(H,18,20). The monoisotopic (exact) mass is 332 g/mol. The van der Waals surface area contributed by atoms with E-state index in [1.54, 1.807) is 6.92 Å². The van der Waals surface area contributed by atoms with Gasteiger partial charge in [-0.2, -0.15) is 0 Å². The van der Waals surface area contributed by atoms with Crippen LogP contribution in [0.15, 0.2) is 18.2 Å². The van der Waals surface area contributed by atoms with Crippen LogP contribution >= 0.6 is 23.2 Å². The first-order valence-corrected chi connectivity index (χ1v) is 7.15. The number of anilines is 1. The van der Waals surface area contributed by atoms with Gasteiger partial charge in [0, 0.05) is 12.2 Å². The van der Waals surface area contributed by atoms with E-state index in [0.29, 0.717) is 10.7 Å². The van der Waals surface area contributed by atoms with Crippen LogP contribution < -0.4 is 10.6 Å². The highest BCUT2D eigenvalue weighted by molar-refractivity contribution is 6.42. The summed E-state index contributed by atoms with van der Waals surface area (Å²) in [5.41, 5.74) is -0.723. The summed E-state index contributed by atoms with van der Waals surface area (Å²) in [4.78, 5) is 23.4. The average Bonchev–Trinajstić information content (AvgIpc) is 2.40. The van der Waals surface area contributed by atoms with Crippen LogP contribution in [0.5, 0.6) is 0 Å². The Hall–Kier alpha value is -1.30. The summed E-state index contributed by atoms with van der Waals surface area (Å²) in [6.07, 6.45) is 0. The molecule has 1 atom stereocenters. The molecule has 0 aliphatic carbocycles. The van der Waals surface area contributed by atoms with Crippen molar-refractivity contribution in [2.24, 2.45) is 5.92 Å². The fraction of sp³-hybridized carbons (Fsp3) is 0.429. The Morgan fingerprint density at radius 1 is 1.24 bits per heavy atom. The summed E-state index contributed by atoms with van der Waals surface area (Å²) in [6.45, 7) is 5.22. The van der Waals surface area contributed by atoms with Gasteiger partial charge in [0.15, 0.2) is 0 Å². The zero-order valence-electron chi connectivity index (χ0n) is 12.0. The number of rotatable bonds is 4. The van der Waals surface area contributed by atoms with E-state index in [4.69, 9.17) is 23.2 Å². The molecule has 0 fully saturated rings. The molecule has 1 unspecified atom stereocenters. The molecule has 0 radical (unpaired) electrons. The lowest BCUT2D eigenvalue weighted by Crippen LogP contribution is -2.47. The number of halogens is 2. The molecule has 7 heteroatoms. The maximum atomic E-state index is 11.7. The minimum absolute atomic E-state index is 0.0156. The Bertz CT molecular complexity index is 545. The quantitative estimate of drug-likeness (QED) is 0.741. The first kappa shape index (κ1) is 17.8. The summed E-state index contributed by atoms with van der Waals surface area (Å²) in [5, 5.41) is 15.4. The van der Waals surface area contributed by atoms with E-state index in [1.165, 1.54) is 18.2 Å². The molecular weight excluding hydrogens is 315 g/mol.